The molecule has 2 heterocycles. The molecular formula is C20H25BrN2O11. The number of hydrogen-bond donors (Lipinski definition) is 0. The van der Waals surface area contributed by atoms with E-state index < -0.39 is 66.7 Å². The van der Waals surface area contributed by atoms with Crippen LogP contribution in [0.15, 0.2) is 15.5 Å². The van der Waals surface area contributed by atoms with Crippen LogP contribution in [0.25, 0.3) is 0 Å². The molecule has 0 amide bonds. The van der Waals surface area contributed by atoms with Crippen molar-refractivity contribution in [3.63, 3.8) is 0 Å². The summed E-state index contributed by atoms with van der Waals surface area (Å²) in [5, 5.41) is 0. The zero-order chi connectivity index (χ0) is 25.6. The molecule has 1 aliphatic heterocycles. The largest absolute Gasteiger partial charge is 0.465 e. The van der Waals surface area contributed by atoms with E-state index >= 15 is 0 Å². The first kappa shape index (κ1) is 27.2. The number of aromatic nitrogens is 2. The summed E-state index contributed by atoms with van der Waals surface area (Å²) in [4.78, 5) is 63.1. The first-order valence-electron chi connectivity index (χ1n) is 10.2. The molecule has 0 N–H and O–H groups in total. The molecule has 1 aromatic heterocycles. The lowest BCUT2D eigenvalue weighted by Crippen LogP contribution is -2.60. The Labute approximate surface area is 202 Å². The summed E-state index contributed by atoms with van der Waals surface area (Å²) in [5.74, 6) is -2.92. The van der Waals surface area contributed by atoms with Crippen molar-refractivity contribution in [1.82, 2.24) is 9.55 Å². The van der Waals surface area contributed by atoms with Crippen molar-refractivity contribution in [3.8, 4) is 6.01 Å². The normalized spacial score (nSPS) is 24.0. The summed E-state index contributed by atoms with van der Waals surface area (Å²) in [6.07, 6.45) is -5.24. The predicted molar refractivity (Wildman–Crippen MR) is 115 cm³/mol. The maximum Gasteiger partial charge on any atom is 0.303 e. The summed E-state index contributed by atoms with van der Waals surface area (Å²) in [6.45, 7) is 5.91. The molecule has 1 aromatic rings. The average molecular weight is 549 g/mol. The molecule has 14 heteroatoms. The molecule has 1 aliphatic rings. The Bertz CT molecular complexity index is 995. The number of hydrogen-bond acceptors (Lipinski definition) is 12. The van der Waals surface area contributed by atoms with E-state index in [0.717, 1.165) is 20.8 Å². The second kappa shape index (κ2) is 11.9. The van der Waals surface area contributed by atoms with Crippen LogP contribution >= 0.6 is 15.9 Å². The van der Waals surface area contributed by atoms with Crippen molar-refractivity contribution < 1.29 is 47.6 Å². The van der Waals surface area contributed by atoms with Gasteiger partial charge in [0.15, 0.2) is 24.5 Å². The second-order valence-electron chi connectivity index (χ2n) is 7.11. The summed E-state index contributed by atoms with van der Waals surface area (Å²) in [7, 11) is 0. The molecule has 2 rings (SSSR count). The lowest BCUT2D eigenvalue weighted by molar-refractivity contribution is -0.269. The quantitative estimate of drug-likeness (QED) is 0.330. The Morgan fingerprint density at radius 2 is 1.53 bits per heavy atom. The smallest absolute Gasteiger partial charge is 0.303 e. The van der Waals surface area contributed by atoms with Crippen molar-refractivity contribution in [1.29, 1.82) is 0 Å². The Hall–Kier alpha value is -3.00. The lowest BCUT2D eigenvalue weighted by atomic mass is 9.97. The number of nitrogens with zero attached hydrogens (tertiary/aromatic N) is 2. The van der Waals surface area contributed by atoms with Gasteiger partial charge in [-0.3, -0.25) is 28.5 Å². The number of rotatable bonds is 8. The molecule has 188 valence electrons. The zero-order valence-electron chi connectivity index (χ0n) is 19.1. The van der Waals surface area contributed by atoms with Gasteiger partial charge in [0, 0.05) is 33.9 Å². The van der Waals surface area contributed by atoms with Crippen LogP contribution in [0, 0.1) is 0 Å². The SMILES string of the molecule is CCOc1nc(=O)c(Br)cn1C1O[C@H](COC(C)=O)[C@@H](OC(C)=O)[C@H](OC(C)=O)[C@H]1OC(C)=O. The predicted octanol–water partition coefficient (Wildman–Crippen LogP) is 0.660. The maximum atomic E-state index is 12.1. The molecule has 0 aliphatic carbocycles. The van der Waals surface area contributed by atoms with Gasteiger partial charge >= 0.3 is 29.9 Å². The molecule has 0 radical (unpaired) electrons. The van der Waals surface area contributed by atoms with Gasteiger partial charge in [0.05, 0.1) is 6.61 Å². The van der Waals surface area contributed by atoms with Gasteiger partial charge in [0.25, 0.3) is 5.56 Å². The molecule has 5 atom stereocenters. The van der Waals surface area contributed by atoms with Gasteiger partial charge in [-0.2, -0.15) is 4.98 Å². The van der Waals surface area contributed by atoms with Crippen LogP contribution < -0.4 is 10.3 Å². The summed E-state index contributed by atoms with van der Waals surface area (Å²) >= 11 is 3.09. The van der Waals surface area contributed by atoms with Crippen LogP contribution in [-0.4, -0.2) is 71.1 Å². The minimum atomic E-state index is -1.38. The molecule has 1 fully saturated rings. The van der Waals surface area contributed by atoms with Crippen LogP contribution in [-0.2, 0) is 42.9 Å². The van der Waals surface area contributed by atoms with Gasteiger partial charge in [-0.05, 0) is 22.9 Å². The highest BCUT2D eigenvalue weighted by molar-refractivity contribution is 9.10. The standard InChI is InChI=1S/C20H25BrN2O11/c1-6-29-20-22-18(28)13(21)7-23(20)19-17(33-12(5)27)16(32-11(4)26)15(31-10(3)25)14(34-19)8-30-9(2)24/h7,14-17,19H,6,8H2,1-5H3/t14-,15-,16+,17-,19?/m1/s1. The molecule has 0 spiro atoms. The number of carbonyl (C=O) groups is 4. The third-order valence-electron chi connectivity index (χ3n) is 4.39. The van der Waals surface area contributed by atoms with Crippen LogP contribution in [0.5, 0.6) is 6.01 Å². The highest BCUT2D eigenvalue weighted by Crippen LogP contribution is 2.36. The molecule has 0 bridgehead atoms. The molecule has 1 saturated heterocycles. The topological polar surface area (TPSA) is 159 Å². The number of halogens is 1. The Balaban J connectivity index is 2.69. The van der Waals surface area contributed by atoms with Gasteiger partial charge in [-0.25, -0.2) is 0 Å². The molecule has 0 aromatic carbocycles. The molecule has 34 heavy (non-hydrogen) atoms. The fraction of sp³-hybridized carbons (Fsp3) is 0.600. The van der Waals surface area contributed by atoms with E-state index in [2.05, 4.69) is 20.9 Å². The second-order valence-corrected chi connectivity index (χ2v) is 7.96. The average Bonchev–Trinajstić information content (AvgIpc) is 2.71. The lowest BCUT2D eigenvalue weighted by Gasteiger charge is -2.45. The molecular weight excluding hydrogens is 524 g/mol. The van der Waals surface area contributed by atoms with Crippen molar-refractivity contribution in [2.24, 2.45) is 0 Å². The summed E-state index contributed by atoms with van der Waals surface area (Å²) in [6, 6.07) is -0.184. The van der Waals surface area contributed by atoms with E-state index in [9.17, 15) is 24.0 Å². The number of carbonyl (C=O) groups excluding carboxylic acids is 4. The minimum Gasteiger partial charge on any atom is -0.465 e. The van der Waals surface area contributed by atoms with E-state index in [1.807, 2.05) is 0 Å². The van der Waals surface area contributed by atoms with Gasteiger partial charge in [0.1, 0.15) is 17.2 Å². The van der Waals surface area contributed by atoms with Crippen LogP contribution in [0.3, 0.4) is 0 Å². The summed E-state index contributed by atoms with van der Waals surface area (Å²) < 4.78 is 34.0. The van der Waals surface area contributed by atoms with E-state index in [-0.39, 0.29) is 17.1 Å². The summed E-state index contributed by atoms with van der Waals surface area (Å²) in [5.41, 5.74) is -0.634. The van der Waals surface area contributed by atoms with Gasteiger partial charge in [-0.1, -0.05) is 0 Å². The fourth-order valence-electron chi connectivity index (χ4n) is 3.28. The Kier molecular flexibility index (Phi) is 9.55. The molecule has 13 nitrogen and oxygen atoms in total. The minimum absolute atomic E-state index is 0.0313. The maximum absolute atomic E-state index is 12.1. The first-order valence-corrected chi connectivity index (χ1v) is 11.0. The third-order valence-corrected chi connectivity index (χ3v) is 4.93. The highest BCUT2D eigenvalue weighted by Gasteiger charge is 2.53. The van der Waals surface area contributed by atoms with Crippen molar-refractivity contribution in [2.45, 2.75) is 65.3 Å². The third kappa shape index (κ3) is 7.00. The van der Waals surface area contributed by atoms with E-state index in [1.54, 1.807) is 6.92 Å². The monoisotopic (exact) mass is 548 g/mol. The molecule has 1 unspecified atom stereocenters. The Morgan fingerprint density at radius 3 is 2.06 bits per heavy atom. The van der Waals surface area contributed by atoms with Crippen LogP contribution in [0.4, 0.5) is 0 Å². The van der Waals surface area contributed by atoms with Crippen molar-refractivity contribution in [2.75, 3.05) is 13.2 Å². The number of esters is 4. The van der Waals surface area contributed by atoms with Crippen LogP contribution in [0.2, 0.25) is 0 Å². The van der Waals surface area contributed by atoms with E-state index in [4.69, 9.17) is 28.4 Å². The molecule has 0 saturated carbocycles. The highest BCUT2D eigenvalue weighted by atomic mass is 79.9. The van der Waals surface area contributed by atoms with Gasteiger partial charge in [-0.15, -0.1) is 0 Å². The van der Waals surface area contributed by atoms with Crippen molar-refractivity contribution >= 4 is 39.8 Å². The van der Waals surface area contributed by atoms with Gasteiger partial charge < -0.3 is 28.4 Å². The zero-order valence-corrected chi connectivity index (χ0v) is 20.7. The van der Waals surface area contributed by atoms with Crippen LogP contribution in [0.1, 0.15) is 40.8 Å². The number of ether oxygens (including phenoxy) is 6. The van der Waals surface area contributed by atoms with Crippen molar-refractivity contribution in [3.05, 3.63) is 21.0 Å². The van der Waals surface area contributed by atoms with E-state index in [0.29, 0.717) is 0 Å². The Morgan fingerprint density at radius 1 is 0.971 bits per heavy atom. The van der Waals surface area contributed by atoms with Gasteiger partial charge in [0.2, 0.25) is 0 Å². The fourth-order valence-corrected chi connectivity index (χ4v) is 3.59. The van der Waals surface area contributed by atoms with E-state index in [1.165, 1.54) is 17.7 Å². The first-order chi connectivity index (χ1) is 15.9.